The second-order valence-corrected chi connectivity index (χ2v) is 5.00. The quantitative estimate of drug-likeness (QED) is 0.936. The number of benzene rings is 1. The smallest absolute Gasteiger partial charge is 0.262 e. The summed E-state index contributed by atoms with van der Waals surface area (Å²) in [6, 6.07) is 8.30. The van der Waals surface area contributed by atoms with E-state index in [0.29, 0.717) is 11.3 Å². The molecule has 0 bridgehead atoms. The van der Waals surface area contributed by atoms with Gasteiger partial charge >= 0.3 is 0 Å². The van der Waals surface area contributed by atoms with E-state index >= 15 is 0 Å². The highest BCUT2D eigenvalue weighted by atomic mass is 35.5. The summed E-state index contributed by atoms with van der Waals surface area (Å²) >= 11 is 5.89. The zero-order valence-corrected chi connectivity index (χ0v) is 12.8. The second-order valence-electron chi connectivity index (χ2n) is 4.59. The third-order valence-electron chi connectivity index (χ3n) is 2.93. The summed E-state index contributed by atoms with van der Waals surface area (Å²) in [6.07, 6.45) is 0. The van der Waals surface area contributed by atoms with Gasteiger partial charge in [0.15, 0.2) is 6.61 Å². The van der Waals surface area contributed by atoms with Crippen LogP contribution in [0.25, 0.3) is 0 Å². The van der Waals surface area contributed by atoms with Gasteiger partial charge in [0.1, 0.15) is 6.07 Å². The number of aryl methyl sites for hydroxylation is 2. The van der Waals surface area contributed by atoms with Crippen molar-refractivity contribution in [3.05, 3.63) is 46.1 Å². The molecule has 1 aromatic heterocycles. The van der Waals surface area contributed by atoms with Crippen molar-refractivity contribution in [3.63, 3.8) is 0 Å². The van der Waals surface area contributed by atoms with Crippen molar-refractivity contribution in [2.75, 3.05) is 11.9 Å². The van der Waals surface area contributed by atoms with E-state index in [9.17, 15) is 4.79 Å². The number of ether oxygens (including phenoxy) is 1. The van der Waals surface area contributed by atoms with Crippen LogP contribution in [0.2, 0.25) is 5.02 Å². The van der Waals surface area contributed by atoms with Gasteiger partial charge in [0.25, 0.3) is 5.91 Å². The van der Waals surface area contributed by atoms with E-state index in [-0.39, 0.29) is 23.4 Å². The van der Waals surface area contributed by atoms with Crippen LogP contribution >= 0.6 is 11.6 Å². The summed E-state index contributed by atoms with van der Waals surface area (Å²) < 4.78 is 5.28. The van der Waals surface area contributed by atoms with Crippen LogP contribution in [0.3, 0.4) is 0 Å². The fraction of sp³-hybridized carbons (Fsp3) is 0.200. The molecule has 1 N–H and O–H groups in total. The number of aromatic nitrogens is 2. The molecule has 0 aliphatic rings. The molecule has 22 heavy (non-hydrogen) atoms. The lowest BCUT2D eigenvalue weighted by molar-refractivity contribution is -0.118. The number of amides is 1. The van der Waals surface area contributed by atoms with E-state index in [2.05, 4.69) is 15.5 Å². The monoisotopic (exact) mass is 316 g/mol. The fourth-order valence-electron chi connectivity index (χ4n) is 1.61. The first-order valence-electron chi connectivity index (χ1n) is 6.43. The van der Waals surface area contributed by atoms with Crippen LogP contribution in [0, 0.1) is 25.2 Å². The Morgan fingerprint density at radius 3 is 2.77 bits per heavy atom. The predicted molar refractivity (Wildman–Crippen MR) is 81.8 cm³/mol. The maximum Gasteiger partial charge on any atom is 0.262 e. The molecule has 0 unspecified atom stereocenters. The van der Waals surface area contributed by atoms with Crippen LogP contribution in [0.15, 0.2) is 24.3 Å². The molecule has 0 radical (unpaired) electrons. The summed E-state index contributed by atoms with van der Waals surface area (Å²) in [6.45, 7) is 3.53. The first kappa shape index (κ1) is 15.7. The molecule has 2 aromatic rings. The molecule has 7 heteroatoms. The van der Waals surface area contributed by atoms with Crippen LogP contribution in [-0.4, -0.2) is 22.7 Å². The summed E-state index contributed by atoms with van der Waals surface area (Å²) in [5.41, 5.74) is 2.58. The SMILES string of the molecule is Cc1cc(OCC(=O)Nc2ccc(C#N)c(Cl)c2)nnc1C. The van der Waals surface area contributed by atoms with E-state index in [1.165, 1.54) is 12.1 Å². The normalized spacial score (nSPS) is 9.91. The second kappa shape index (κ2) is 6.87. The van der Waals surface area contributed by atoms with Crippen molar-refractivity contribution < 1.29 is 9.53 Å². The number of carbonyl (C=O) groups excluding carboxylic acids is 1. The highest BCUT2D eigenvalue weighted by molar-refractivity contribution is 6.32. The van der Waals surface area contributed by atoms with E-state index in [1.807, 2.05) is 19.9 Å². The molecular formula is C15H13ClN4O2. The Labute approximate surface area is 132 Å². The molecule has 0 saturated heterocycles. The molecule has 0 aliphatic heterocycles. The number of nitrogens with zero attached hydrogens (tertiary/aromatic N) is 3. The van der Waals surface area contributed by atoms with Crippen molar-refractivity contribution in [2.45, 2.75) is 13.8 Å². The largest absolute Gasteiger partial charge is 0.466 e. The molecule has 0 fully saturated rings. The van der Waals surface area contributed by atoms with Crippen molar-refractivity contribution >= 4 is 23.2 Å². The number of hydrogen-bond donors (Lipinski definition) is 1. The first-order valence-corrected chi connectivity index (χ1v) is 6.80. The molecule has 1 amide bonds. The number of hydrogen-bond acceptors (Lipinski definition) is 5. The van der Waals surface area contributed by atoms with Crippen LogP contribution in [0.5, 0.6) is 5.88 Å². The summed E-state index contributed by atoms with van der Waals surface area (Å²) in [7, 11) is 0. The number of rotatable bonds is 4. The minimum atomic E-state index is -0.360. The average molecular weight is 317 g/mol. The first-order chi connectivity index (χ1) is 10.5. The molecular weight excluding hydrogens is 304 g/mol. The number of carbonyl (C=O) groups is 1. The highest BCUT2D eigenvalue weighted by Gasteiger charge is 2.07. The minimum absolute atomic E-state index is 0.200. The summed E-state index contributed by atoms with van der Waals surface area (Å²) in [4.78, 5) is 11.8. The van der Waals surface area contributed by atoms with Crippen molar-refractivity contribution in [3.8, 4) is 11.9 Å². The van der Waals surface area contributed by atoms with E-state index in [1.54, 1.807) is 12.1 Å². The molecule has 0 saturated carbocycles. The maximum atomic E-state index is 11.8. The fourth-order valence-corrected chi connectivity index (χ4v) is 1.84. The zero-order chi connectivity index (χ0) is 16.1. The molecule has 1 heterocycles. The lowest BCUT2D eigenvalue weighted by Gasteiger charge is -2.08. The Morgan fingerprint density at radius 2 is 2.14 bits per heavy atom. The van der Waals surface area contributed by atoms with Gasteiger partial charge < -0.3 is 10.1 Å². The molecule has 112 valence electrons. The average Bonchev–Trinajstić information content (AvgIpc) is 2.49. The van der Waals surface area contributed by atoms with E-state index in [0.717, 1.165) is 11.3 Å². The molecule has 0 aliphatic carbocycles. The Bertz CT molecular complexity index is 756. The van der Waals surface area contributed by atoms with E-state index < -0.39 is 0 Å². The number of nitrogens with one attached hydrogen (secondary N) is 1. The van der Waals surface area contributed by atoms with Crippen LogP contribution < -0.4 is 10.1 Å². The lowest BCUT2D eigenvalue weighted by atomic mass is 10.2. The van der Waals surface area contributed by atoms with Gasteiger partial charge in [-0.3, -0.25) is 4.79 Å². The van der Waals surface area contributed by atoms with Crippen LogP contribution in [0.4, 0.5) is 5.69 Å². The molecule has 1 aromatic carbocycles. The molecule has 0 spiro atoms. The maximum absolute atomic E-state index is 11.8. The number of halogens is 1. The van der Waals surface area contributed by atoms with Crippen molar-refractivity contribution in [2.24, 2.45) is 0 Å². The van der Waals surface area contributed by atoms with Gasteiger partial charge in [-0.25, -0.2) is 0 Å². The van der Waals surface area contributed by atoms with Crippen molar-refractivity contribution in [1.82, 2.24) is 10.2 Å². The number of anilines is 1. The van der Waals surface area contributed by atoms with Gasteiger partial charge in [0.2, 0.25) is 5.88 Å². The molecule has 2 rings (SSSR count). The van der Waals surface area contributed by atoms with E-state index in [4.69, 9.17) is 21.6 Å². The zero-order valence-electron chi connectivity index (χ0n) is 12.1. The van der Waals surface area contributed by atoms with Crippen molar-refractivity contribution in [1.29, 1.82) is 5.26 Å². The van der Waals surface area contributed by atoms with Crippen LogP contribution in [0.1, 0.15) is 16.8 Å². The minimum Gasteiger partial charge on any atom is -0.466 e. The van der Waals surface area contributed by atoms with Gasteiger partial charge in [-0.1, -0.05) is 11.6 Å². The Kier molecular flexibility index (Phi) is 4.92. The number of nitriles is 1. The molecule has 6 nitrogen and oxygen atoms in total. The van der Waals surface area contributed by atoms with Gasteiger partial charge in [-0.2, -0.15) is 10.4 Å². The Morgan fingerprint density at radius 1 is 1.36 bits per heavy atom. The summed E-state index contributed by atoms with van der Waals surface area (Å²) in [5.74, 6) is -0.0723. The predicted octanol–water partition coefficient (Wildman–Crippen LogP) is 2.64. The van der Waals surface area contributed by atoms with Gasteiger partial charge in [-0.15, -0.1) is 5.10 Å². The topological polar surface area (TPSA) is 87.9 Å². The lowest BCUT2D eigenvalue weighted by Crippen LogP contribution is -2.20. The van der Waals surface area contributed by atoms with Gasteiger partial charge in [0.05, 0.1) is 16.3 Å². The Balaban J connectivity index is 1.94. The summed E-state index contributed by atoms with van der Waals surface area (Å²) in [5, 5.41) is 19.5. The van der Waals surface area contributed by atoms with Gasteiger partial charge in [0, 0.05) is 11.8 Å². The Hall–Kier alpha value is -2.65. The third kappa shape index (κ3) is 3.93. The third-order valence-corrected chi connectivity index (χ3v) is 3.25. The molecule has 0 atom stereocenters. The standard InChI is InChI=1S/C15H13ClN4O2/c1-9-5-15(20-19-10(9)2)22-8-14(21)18-12-4-3-11(7-17)13(16)6-12/h3-6H,8H2,1-2H3,(H,18,21). The highest BCUT2D eigenvalue weighted by Crippen LogP contribution is 2.20. The van der Waals surface area contributed by atoms with Crippen LogP contribution in [-0.2, 0) is 4.79 Å². The van der Waals surface area contributed by atoms with Gasteiger partial charge in [-0.05, 0) is 37.6 Å².